The summed E-state index contributed by atoms with van der Waals surface area (Å²) in [6.07, 6.45) is 0. The van der Waals surface area contributed by atoms with Crippen LogP contribution in [0.1, 0.15) is 20.8 Å². The molecule has 35 heavy (non-hydrogen) atoms. The number of carboxylic acid groups (broad SMARTS) is 3. The lowest BCUT2D eigenvalue weighted by atomic mass is 9.90. The Kier molecular flexibility index (Phi) is 10.5. The molecule has 4 aromatic rings. The molecule has 0 saturated carbocycles. The lowest BCUT2D eigenvalue weighted by Gasteiger charge is -2.15. The fourth-order valence-electron chi connectivity index (χ4n) is 3.18. The zero-order valence-electron chi connectivity index (χ0n) is 19.3. The Balaban J connectivity index is 0.000000430. The number of hydrogen-bond donors (Lipinski definition) is 6. The van der Waals surface area contributed by atoms with Gasteiger partial charge in [0.15, 0.2) is 0 Å². The summed E-state index contributed by atoms with van der Waals surface area (Å²) in [5, 5.41) is 55.5. The van der Waals surface area contributed by atoms with Gasteiger partial charge in [-0.2, -0.15) is 0 Å². The van der Waals surface area contributed by atoms with Gasteiger partial charge < -0.3 is 30.6 Å². The van der Waals surface area contributed by atoms with E-state index in [1.807, 2.05) is 42.5 Å². The first-order valence-electron chi connectivity index (χ1n) is 10.1. The van der Waals surface area contributed by atoms with Gasteiger partial charge in [-0.15, -0.1) is 0 Å². The third-order valence-electron chi connectivity index (χ3n) is 4.16. The Morgan fingerprint density at radius 1 is 0.543 bits per heavy atom. The van der Waals surface area contributed by atoms with E-state index in [4.69, 9.17) is 29.7 Å². The predicted octanol–water partition coefficient (Wildman–Crippen LogP) is 5.05. The van der Waals surface area contributed by atoms with Gasteiger partial charge in [-0.05, 0) is 34.0 Å². The SMILES string of the molecule is CC(=O)O.CC(=O)O.CC(=O)O.Oc1cccc2c(-c3ccccc3)c3cccc(O)c3c(O)c12. The van der Waals surface area contributed by atoms with Gasteiger partial charge in [-0.25, -0.2) is 0 Å². The zero-order chi connectivity index (χ0) is 26.7. The van der Waals surface area contributed by atoms with Crippen molar-refractivity contribution in [2.75, 3.05) is 0 Å². The van der Waals surface area contributed by atoms with Gasteiger partial charge in [-0.3, -0.25) is 14.4 Å². The number of rotatable bonds is 1. The Hall–Kier alpha value is -4.79. The zero-order valence-corrected chi connectivity index (χ0v) is 19.3. The van der Waals surface area contributed by atoms with Crippen LogP contribution in [0.5, 0.6) is 17.2 Å². The summed E-state index contributed by atoms with van der Waals surface area (Å²) in [7, 11) is 0. The second-order valence-electron chi connectivity index (χ2n) is 7.05. The standard InChI is InChI=1S/C20H14O3.3C2H4O2/c21-15-10-4-8-13-17(12-6-2-1-3-7-12)14-9-5-11-16(22)19(14)20(23)18(13)15;3*1-2(3)4/h1-11,21-23H;3*1H3,(H,3,4). The van der Waals surface area contributed by atoms with Crippen LogP contribution < -0.4 is 0 Å². The third-order valence-corrected chi connectivity index (χ3v) is 4.16. The van der Waals surface area contributed by atoms with E-state index >= 15 is 0 Å². The summed E-state index contributed by atoms with van der Waals surface area (Å²) in [4.78, 5) is 27.0. The lowest BCUT2D eigenvalue weighted by Crippen LogP contribution is -1.87. The molecule has 0 atom stereocenters. The normalized spacial score (nSPS) is 9.46. The van der Waals surface area contributed by atoms with E-state index in [0.717, 1.165) is 42.7 Å². The number of benzene rings is 4. The van der Waals surface area contributed by atoms with Gasteiger partial charge in [0.2, 0.25) is 0 Å². The van der Waals surface area contributed by atoms with Crippen molar-refractivity contribution in [2.24, 2.45) is 0 Å². The van der Waals surface area contributed by atoms with Gasteiger partial charge in [0, 0.05) is 20.8 Å². The summed E-state index contributed by atoms with van der Waals surface area (Å²) in [6.45, 7) is 3.25. The van der Waals surface area contributed by atoms with Crippen LogP contribution in [-0.2, 0) is 14.4 Å². The summed E-state index contributed by atoms with van der Waals surface area (Å²) < 4.78 is 0. The van der Waals surface area contributed by atoms with Gasteiger partial charge >= 0.3 is 0 Å². The molecule has 9 heteroatoms. The minimum absolute atomic E-state index is 0.0117. The second kappa shape index (κ2) is 13.0. The quantitative estimate of drug-likeness (QED) is 0.203. The fraction of sp³-hybridized carbons (Fsp3) is 0.115. The van der Waals surface area contributed by atoms with Crippen LogP contribution in [-0.4, -0.2) is 48.5 Å². The molecule has 0 aromatic heterocycles. The van der Waals surface area contributed by atoms with Gasteiger partial charge in [0.25, 0.3) is 17.9 Å². The molecule has 0 saturated heterocycles. The molecule has 9 nitrogen and oxygen atoms in total. The van der Waals surface area contributed by atoms with Crippen LogP contribution in [0.4, 0.5) is 0 Å². The smallest absolute Gasteiger partial charge is 0.300 e. The molecule has 0 unspecified atom stereocenters. The van der Waals surface area contributed by atoms with E-state index in [9.17, 15) is 15.3 Å². The molecule has 0 fully saturated rings. The maximum atomic E-state index is 10.6. The highest BCUT2D eigenvalue weighted by Gasteiger charge is 2.18. The number of phenols is 3. The number of aliphatic carboxylic acids is 3. The fourth-order valence-corrected chi connectivity index (χ4v) is 3.18. The van der Waals surface area contributed by atoms with Crippen LogP contribution in [0.2, 0.25) is 0 Å². The Morgan fingerprint density at radius 2 is 0.886 bits per heavy atom. The highest BCUT2D eigenvalue weighted by molar-refractivity contribution is 6.19. The number of carboxylic acids is 3. The average molecular weight is 482 g/mol. The molecule has 0 bridgehead atoms. The molecule has 0 aliphatic rings. The van der Waals surface area contributed by atoms with Crippen molar-refractivity contribution in [2.45, 2.75) is 20.8 Å². The first kappa shape index (κ1) is 28.2. The Morgan fingerprint density at radius 3 is 1.23 bits per heavy atom. The second-order valence-corrected chi connectivity index (χ2v) is 7.05. The topological polar surface area (TPSA) is 173 Å². The lowest BCUT2D eigenvalue weighted by molar-refractivity contribution is -0.135. The Labute approximate surface area is 200 Å². The molecule has 0 heterocycles. The summed E-state index contributed by atoms with van der Waals surface area (Å²) in [5.74, 6) is -2.63. The summed E-state index contributed by atoms with van der Waals surface area (Å²) in [5.41, 5.74) is 1.83. The highest BCUT2D eigenvalue weighted by atomic mass is 16.4. The molecule has 4 aromatic carbocycles. The van der Waals surface area contributed by atoms with Crippen molar-refractivity contribution in [1.82, 2.24) is 0 Å². The summed E-state index contributed by atoms with van der Waals surface area (Å²) >= 11 is 0. The predicted molar refractivity (Wildman–Crippen MR) is 132 cm³/mol. The van der Waals surface area contributed by atoms with Crippen molar-refractivity contribution in [3.05, 3.63) is 66.7 Å². The van der Waals surface area contributed by atoms with Crippen LogP contribution >= 0.6 is 0 Å². The van der Waals surface area contributed by atoms with Gasteiger partial charge in [-0.1, -0.05) is 54.6 Å². The van der Waals surface area contributed by atoms with Crippen LogP contribution in [0.25, 0.3) is 32.7 Å². The maximum absolute atomic E-state index is 10.6. The minimum Gasteiger partial charge on any atom is -0.507 e. The molecular weight excluding hydrogens is 456 g/mol. The number of phenolic OH excluding ortho intramolecular Hbond substituents is 3. The largest absolute Gasteiger partial charge is 0.507 e. The maximum Gasteiger partial charge on any atom is 0.300 e. The number of fused-ring (bicyclic) bond motifs is 2. The van der Waals surface area contributed by atoms with Crippen LogP contribution in [0.3, 0.4) is 0 Å². The van der Waals surface area contributed by atoms with Crippen molar-refractivity contribution in [3.63, 3.8) is 0 Å². The molecule has 0 radical (unpaired) electrons. The van der Waals surface area contributed by atoms with Crippen molar-refractivity contribution in [1.29, 1.82) is 0 Å². The first-order chi connectivity index (χ1) is 16.4. The third kappa shape index (κ3) is 8.25. The van der Waals surface area contributed by atoms with Crippen molar-refractivity contribution < 1.29 is 45.0 Å². The molecule has 0 aliphatic carbocycles. The highest BCUT2D eigenvalue weighted by Crippen LogP contribution is 2.47. The van der Waals surface area contributed by atoms with E-state index in [2.05, 4.69) is 0 Å². The Bertz CT molecular complexity index is 1230. The number of hydrogen-bond acceptors (Lipinski definition) is 6. The van der Waals surface area contributed by atoms with E-state index < -0.39 is 17.9 Å². The average Bonchev–Trinajstić information content (AvgIpc) is 2.73. The van der Waals surface area contributed by atoms with Crippen molar-refractivity contribution in [3.8, 4) is 28.4 Å². The monoisotopic (exact) mass is 482 g/mol. The van der Waals surface area contributed by atoms with Crippen molar-refractivity contribution >= 4 is 39.5 Å². The first-order valence-corrected chi connectivity index (χ1v) is 10.1. The van der Waals surface area contributed by atoms with E-state index in [-0.39, 0.29) is 17.2 Å². The molecule has 0 amide bonds. The van der Waals surface area contributed by atoms with Crippen LogP contribution in [0, 0.1) is 0 Å². The molecule has 184 valence electrons. The van der Waals surface area contributed by atoms with E-state index in [0.29, 0.717) is 10.8 Å². The van der Waals surface area contributed by atoms with Crippen LogP contribution in [0.15, 0.2) is 66.7 Å². The molecule has 6 N–H and O–H groups in total. The van der Waals surface area contributed by atoms with E-state index in [1.54, 1.807) is 12.1 Å². The van der Waals surface area contributed by atoms with E-state index in [1.165, 1.54) is 12.1 Å². The molecule has 4 rings (SSSR count). The summed E-state index contributed by atoms with van der Waals surface area (Å²) in [6, 6.07) is 20.0. The molecule has 0 aliphatic heterocycles. The van der Waals surface area contributed by atoms with Gasteiger partial charge in [0.1, 0.15) is 17.2 Å². The number of aromatic hydroxyl groups is 3. The molecular formula is C26H26O9. The molecule has 0 spiro atoms. The van der Waals surface area contributed by atoms with Gasteiger partial charge in [0.05, 0.1) is 10.8 Å². The minimum atomic E-state index is -0.833. The number of carbonyl (C=O) groups is 3.